The second-order valence-corrected chi connectivity index (χ2v) is 6.64. The fraction of sp³-hybridized carbons (Fsp3) is 0.222. The van der Waals surface area contributed by atoms with Gasteiger partial charge in [-0.15, -0.1) is 0 Å². The lowest BCUT2D eigenvalue weighted by Crippen LogP contribution is -2.42. The molecule has 0 unspecified atom stereocenters. The molecule has 1 aliphatic rings. The quantitative estimate of drug-likeness (QED) is 0.809. The number of nitrogens with zero attached hydrogens (tertiary/aromatic N) is 1. The van der Waals surface area contributed by atoms with E-state index in [-0.39, 0.29) is 0 Å². The molecule has 0 spiro atoms. The summed E-state index contributed by atoms with van der Waals surface area (Å²) in [4.78, 5) is 25.2. The van der Waals surface area contributed by atoms with Gasteiger partial charge in [0.05, 0.1) is 10.7 Å². The first-order chi connectivity index (χ1) is 12.0. The van der Waals surface area contributed by atoms with Gasteiger partial charge in [-0.3, -0.25) is 0 Å². The van der Waals surface area contributed by atoms with Crippen molar-refractivity contribution in [1.29, 1.82) is 0 Å². The Morgan fingerprint density at radius 1 is 1.16 bits per heavy atom. The minimum Gasteiger partial charge on any atom is -0.480 e. The van der Waals surface area contributed by atoms with Gasteiger partial charge < -0.3 is 15.3 Å². The number of amides is 2. The SMILES string of the molecule is O=C(O)[C@H]1CCCN1C(=O)Nc1cc(Cl)cc(Cl)c1-c1ccccc1. The Morgan fingerprint density at radius 2 is 1.88 bits per heavy atom. The summed E-state index contributed by atoms with van der Waals surface area (Å²) in [5.74, 6) is -1.000. The van der Waals surface area contributed by atoms with Crippen LogP contribution in [-0.4, -0.2) is 34.6 Å². The van der Waals surface area contributed by atoms with E-state index in [9.17, 15) is 14.7 Å². The number of benzene rings is 2. The Kier molecular flexibility index (Phi) is 5.16. The van der Waals surface area contributed by atoms with Crippen molar-refractivity contribution in [2.45, 2.75) is 18.9 Å². The summed E-state index contributed by atoms with van der Waals surface area (Å²) >= 11 is 12.4. The summed E-state index contributed by atoms with van der Waals surface area (Å²) in [7, 11) is 0. The van der Waals surface area contributed by atoms with Crippen LogP contribution < -0.4 is 5.32 Å². The summed E-state index contributed by atoms with van der Waals surface area (Å²) < 4.78 is 0. The van der Waals surface area contributed by atoms with Gasteiger partial charge in [0.2, 0.25) is 0 Å². The first kappa shape index (κ1) is 17.6. The summed E-state index contributed by atoms with van der Waals surface area (Å²) in [5, 5.41) is 12.8. The number of carbonyl (C=O) groups is 2. The fourth-order valence-electron chi connectivity index (χ4n) is 3.02. The average Bonchev–Trinajstić information content (AvgIpc) is 3.05. The third-order valence-electron chi connectivity index (χ3n) is 4.16. The first-order valence-corrected chi connectivity index (χ1v) is 8.58. The van der Waals surface area contributed by atoms with Gasteiger partial charge in [0, 0.05) is 17.1 Å². The molecule has 1 atom stereocenters. The highest BCUT2D eigenvalue weighted by Crippen LogP contribution is 2.38. The molecule has 2 amide bonds. The molecule has 130 valence electrons. The number of hydrogen-bond acceptors (Lipinski definition) is 2. The van der Waals surface area contributed by atoms with Gasteiger partial charge >= 0.3 is 12.0 Å². The third kappa shape index (κ3) is 3.72. The number of carboxylic acid groups (broad SMARTS) is 1. The highest BCUT2D eigenvalue weighted by Gasteiger charge is 2.34. The number of nitrogens with one attached hydrogen (secondary N) is 1. The van der Waals surface area contributed by atoms with Crippen LogP contribution in [0.2, 0.25) is 10.0 Å². The van der Waals surface area contributed by atoms with Crippen LogP contribution in [0, 0.1) is 0 Å². The minimum absolute atomic E-state index is 0.385. The van der Waals surface area contributed by atoms with Crippen molar-refractivity contribution in [2.24, 2.45) is 0 Å². The molecular formula is C18H16Cl2N2O3. The number of hydrogen-bond donors (Lipinski definition) is 2. The van der Waals surface area contributed by atoms with E-state index in [0.29, 0.717) is 40.7 Å². The number of halogens is 2. The molecule has 2 aromatic carbocycles. The molecule has 25 heavy (non-hydrogen) atoms. The highest BCUT2D eigenvalue weighted by molar-refractivity contribution is 6.37. The molecule has 1 fully saturated rings. The van der Waals surface area contributed by atoms with Gasteiger partial charge in [0.15, 0.2) is 0 Å². The molecule has 0 aliphatic carbocycles. The summed E-state index contributed by atoms with van der Waals surface area (Å²) in [6.07, 6.45) is 1.11. The Hall–Kier alpha value is -2.24. The van der Waals surface area contributed by atoms with E-state index >= 15 is 0 Å². The lowest BCUT2D eigenvalue weighted by atomic mass is 10.0. The largest absolute Gasteiger partial charge is 0.480 e. The van der Waals surface area contributed by atoms with Crippen molar-refractivity contribution in [3.63, 3.8) is 0 Å². The predicted octanol–water partition coefficient (Wildman–Crippen LogP) is 4.74. The number of anilines is 1. The molecule has 5 nitrogen and oxygen atoms in total. The van der Waals surface area contributed by atoms with E-state index in [1.807, 2.05) is 30.3 Å². The molecule has 0 saturated carbocycles. The Bertz CT molecular complexity index is 811. The van der Waals surface area contributed by atoms with E-state index in [4.69, 9.17) is 23.2 Å². The van der Waals surface area contributed by atoms with Gasteiger partial charge in [-0.1, -0.05) is 53.5 Å². The fourth-order valence-corrected chi connectivity index (χ4v) is 3.63. The third-order valence-corrected chi connectivity index (χ3v) is 4.67. The number of urea groups is 1. The van der Waals surface area contributed by atoms with E-state index in [1.54, 1.807) is 12.1 Å². The van der Waals surface area contributed by atoms with Crippen molar-refractivity contribution in [3.05, 3.63) is 52.5 Å². The monoisotopic (exact) mass is 378 g/mol. The molecule has 0 bridgehead atoms. The zero-order valence-electron chi connectivity index (χ0n) is 13.2. The Balaban J connectivity index is 1.95. The van der Waals surface area contributed by atoms with Crippen molar-refractivity contribution in [1.82, 2.24) is 4.90 Å². The van der Waals surface area contributed by atoms with Crippen molar-refractivity contribution in [3.8, 4) is 11.1 Å². The van der Waals surface area contributed by atoms with E-state index in [2.05, 4.69) is 5.32 Å². The molecule has 1 heterocycles. The highest BCUT2D eigenvalue weighted by atomic mass is 35.5. The standard InChI is InChI=1S/C18H16Cl2N2O3/c19-12-9-13(20)16(11-5-2-1-3-6-11)14(10-12)21-18(25)22-8-4-7-15(22)17(23)24/h1-3,5-6,9-10,15H,4,7-8H2,(H,21,25)(H,23,24)/t15-/m1/s1. The lowest BCUT2D eigenvalue weighted by molar-refractivity contribution is -0.141. The predicted molar refractivity (Wildman–Crippen MR) is 98.3 cm³/mol. The number of rotatable bonds is 3. The average molecular weight is 379 g/mol. The zero-order valence-corrected chi connectivity index (χ0v) is 14.7. The zero-order chi connectivity index (χ0) is 18.0. The summed E-state index contributed by atoms with van der Waals surface area (Å²) in [6, 6.07) is 11.3. The molecular weight excluding hydrogens is 363 g/mol. The first-order valence-electron chi connectivity index (χ1n) is 7.82. The maximum Gasteiger partial charge on any atom is 0.326 e. The van der Waals surface area contributed by atoms with Gasteiger partial charge in [-0.2, -0.15) is 0 Å². The molecule has 0 radical (unpaired) electrons. The molecule has 0 aromatic heterocycles. The van der Waals surface area contributed by atoms with Crippen LogP contribution in [0.3, 0.4) is 0 Å². The second-order valence-electron chi connectivity index (χ2n) is 5.80. The van der Waals surface area contributed by atoms with Gasteiger partial charge in [0.25, 0.3) is 0 Å². The topological polar surface area (TPSA) is 69.6 Å². The molecule has 1 aliphatic heterocycles. The smallest absolute Gasteiger partial charge is 0.326 e. The van der Waals surface area contributed by atoms with E-state index in [0.717, 1.165) is 5.56 Å². The number of likely N-dealkylation sites (tertiary alicyclic amines) is 1. The van der Waals surface area contributed by atoms with Crippen molar-refractivity contribution < 1.29 is 14.7 Å². The van der Waals surface area contributed by atoms with Gasteiger partial charge in [-0.25, -0.2) is 9.59 Å². The molecule has 1 saturated heterocycles. The maximum atomic E-state index is 12.6. The van der Waals surface area contributed by atoms with E-state index in [1.165, 1.54) is 4.90 Å². The summed E-state index contributed by atoms with van der Waals surface area (Å²) in [6.45, 7) is 0.401. The van der Waals surface area contributed by atoms with Crippen LogP contribution in [-0.2, 0) is 4.79 Å². The van der Waals surface area contributed by atoms with Crippen LogP contribution in [0.25, 0.3) is 11.1 Å². The molecule has 2 N–H and O–H groups in total. The lowest BCUT2D eigenvalue weighted by Gasteiger charge is -2.23. The van der Waals surface area contributed by atoms with E-state index < -0.39 is 18.0 Å². The normalized spacial score (nSPS) is 16.7. The molecule has 7 heteroatoms. The number of carbonyl (C=O) groups excluding carboxylic acids is 1. The van der Waals surface area contributed by atoms with Crippen LogP contribution in [0.1, 0.15) is 12.8 Å². The van der Waals surface area contributed by atoms with Crippen LogP contribution in [0.5, 0.6) is 0 Å². The van der Waals surface area contributed by atoms with Gasteiger partial charge in [0.1, 0.15) is 6.04 Å². The number of aliphatic carboxylic acids is 1. The Labute approximate surface area is 155 Å². The maximum absolute atomic E-state index is 12.6. The van der Waals surface area contributed by atoms with Crippen molar-refractivity contribution in [2.75, 3.05) is 11.9 Å². The molecule has 2 aromatic rings. The van der Waals surface area contributed by atoms with Crippen LogP contribution in [0.15, 0.2) is 42.5 Å². The second kappa shape index (κ2) is 7.33. The molecule has 3 rings (SSSR count). The van der Waals surface area contributed by atoms with Crippen LogP contribution >= 0.6 is 23.2 Å². The number of carboxylic acids is 1. The van der Waals surface area contributed by atoms with Crippen LogP contribution in [0.4, 0.5) is 10.5 Å². The minimum atomic E-state index is -1.000. The Morgan fingerprint density at radius 3 is 2.56 bits per heavy atom. The van der Waals surface area contributed by atoms with Gasteiger partial charge in [-0.05, 0) is 30.5 Å². The summed E-state index contributed by atoms with van der Waals surface area (Å²) in [5.41, 5.74) is 1.92. The van der Waals surface area contributed by atoms with Crippen molar-refractivity contribution >= 4 is 40.9 Å².